The van der Waals surface area contributed by atoms with Crippen molar-refractivity contribution in [2.45, 2.75) is 30.4 Å². The lowest BCUT2D eigenvalue weighted by atomic mass is 10.1. The van der Waals surface area contributed by atoms with Gasteiger partial charge in [-0.1, -0.05) is 18.2 Å². The lowest BCUT2D eigenvalue weighted by molar-refractivity contribution is 0.0678. The predicted molar refractivity (Wildman–Crippen MR) is 105 cm³/mol. The second-order valence-corrected chi connectivity index (χ2v) is 7.36. The monoisotopic (exact) mass is 371 g/mol. The third-order valence-corrected chi connectivity index (χ3v) is 5.21. The molecule has 1 fully saturated rings. The Morgan fingerprint density at radius 3 is 2.77 bits per heavy atom. The number of amides is 1. The summed E-state index contributed by atoms with van der Waals surface area (Å²) in [5, 5.41) is 0. The van der Waals surface area contributed by atoms with Gasteiger partial charge in [0.25, 0.3) is 5.91 Å². The molecule has 0 radical (unpaired) electrons. The van der Waals surface area contributed by atoms with Crippen molar-refractivity contribution in [2.75, 3.05) is 26.5 Å². The van der Waals surface area contributed by atoms with E-state index in [-0.39, 0.29) is 12.0 Å². The summed E-state index contributed by atoms with van der Waals surface area (Å²) in [6.45, 7) is 1.93. The summed E-state index contributed by atoms with van der Waals surface area (Å²) in [4.78, 5) is 15.7. The van der Waals surface area contributed by atoms with E-state index < -0.39 is 0 Å². The van der Waals surface area contributed by atoms with Crippen molar-refractivity contribution in [3.63, 3.8) is 0 Å². The molecule has 0 bridgehead atoms. The normalized spacial score (nSPS) is 16.5. The van der Waals surface area contributed by atoms with Gasteiger partial charge in [0.1, 0.15) is 12.4 Å². The van der Waals surface area contributed by atoms with Crippen LogP contribution >= 0.6 is 11.8 Å². The number of ether oxygens (including phenoxy) is 2. The predicted octanol–water partition coefficient (Wildman–Crippen LogP) is 4.24. The van der Waals surface area contributed by atoms with Crippen LogP contribution in [0.2, 0.25) is 0 Å². The highest BCUT2D eigenvalue weighted by Gasteiger charge is 2.17. The van der Waals surface area contributed by atoms with Crippen LogP contribution < -0.4 is 4.74 Å². The Morgan fingerprint density at radius 2 is 2.08 bits per heavy atom. The smallest absolute Gasteiger partial charge is 0.254 e. The van der Waals surface area contributed by atoms with Gasteiger partial charge >= 0.3 is 0 Å². The van der Waals surface area contributed by atoms with E-state index in [9.17, 15) is 4.79 Å². The first kappa shape index (κ1) is 18.8. The molecule has 0 aromatic heterocycles. The largest absolute Gasteiger partial charge is 0.491 e. The van der Waals surface area contributed by atoms with Crippen molar-refractivity contribution in [3.05, 3.63) is 59.7 Å². The van der Waals surface area contributed by atoms with Crippen LogP contribution in [0.15, 0.2) is 53.4 Å². The molecule has 1 aliphatic heterocycles. The summed E-state index contributed by atoms with van der Waals surface area (Å²) in [5.74, 6) is 0.700. The van der Waals surface area contributed by atoms with Gasteiger partial charge in [-0.3, -0.25) is 4.79 Å². The molecular weight excluding hydrogens is 346 g/mol. The number of hydrogen-bond acceptors (Lipinski definition) is 4. The fourth-order valence-corrected chi connectivity index (χ4v) is 3.39. The maximum absolute atomic E-state index is 12.7. The van der Waals surface area contributed by atoms with Crippen LogP contribution in [-0.2, 0) is 11.3 Å². The van der Waals surface area contributed by atoms with E-state index in [1.165, 1.54) is 4.90 Å². The Kier molecular flexibility index (Phi) is 6.58. The molecule has 1 aliphatic rings. The fourth-order valence-electron chi connectivity index (χ4n) is 2.98. The Hall–Kier alpha value is -1.98. The number of nitrogens with zero attached hydrogens (tertiary/aromatic N) is 1. The van der Waals surface area contributed by atoms with Crippen LogP contribution in [0.25, 0.3) is 0 Å². The number of hydrogen-bond donors (Lipinski definition) is 0. The molecule has 0 saturated carbocycles. The van der Waals surface area contributed by atoms with Crippen LogP contribution in [-0.4, -0.2) is 43.4 Å². The molecule has 2 aromatic rings. The molecule has 1 amide bonds. The van der Waals surface area contributed by atoms with Gasteiger partial charge in [0.2, 0.25) is 0 Å². The molecule has 5 heteroatoms. The SMILES string of the molecule is CSc1ccc(CN(C)C(=O)c2cccc(OCC3CCCO3)c2)cc1. The van der Waals surface area contributed by atoms with E-state index in [2.05, 4.69) is 30.5 Å². The molecule has 1 saturated heterocycles. The zero-order valence-corrected chi connectivity index (χ0v) is 16.1. The highest BCUT2D eigenvalue weighted by atomic mass is 32.2. The molecule has 138 valence electrons. The van der Waals surface area contributed by atoms with Crippen LogP contribution in [0.5, 0.6) is 5.75 Å². The molecule has 1 atom stereocenters. The van der Waals surface area contributed by atoms with E-state index in [1.54, 1.807) is 16.7 Å². The van der Waals surface area contributed by atoms with Crippen molar-refractivity contribution in [1.29, 1.82) is 0 Å². The minimum absolute atomic E-state index is 0.0125. The van der Waals surface area contributed by atoms with E-state index in [0.717, 1.165) is 25.0 Å². The minimum atomic E-state index is -0.0125. The number of thioether (sulfide) groups is 1. The molecule has 4 nitrogen and oxygen atoms in total. The lowest BCUT2D eigenvalue weighted by Gasteiger charge is -2.18. The second-order valence-electron chi connectivity index (χ2n) is 6.48. The molecular formula is C21H25NO3S. The third-order valence-electron chi connectivity index (χ3n) is 4.47. The van der Waals surface area contributed by atoms with Crippen molar-refractivity contribution >= 4 is 17.7 Å². The standard InChI is InChI=1S/C21H25NO3S/c1-22(14-16-8-10-20(26-2)11-9-16)21(23)17-5-3-6-18(13-17)25-15-19-7-4-12-24-19/h3,5-6,8-11,13,19H,4,7,12,14-15H2,1-2H3. The number of carbonyl (C=O) groups is 1. The van der Waals surface area contributed by atoms with E-state index in [4.69, 9.17) is 9.47 Å². The summed E-state index contributed by atoms with van der Waals surface area (Å²) >= 11 is 1.71. The van der Waals surface area contributed by atoms with Gasteiger partial charge in [0.15, 0.2) is 0 Å². The van der Waals surface area contributed by atoms with Crippen molar-refractivity contribution in [1.82, 2.24) is 4.90 Å². The molecule has 26 heavy (non-hydrogen) atoms. The highest BCUT2D eigenvalue weighted by Crippen LogP contribution is 2.19. The molecule has 3 rings (SSSR count). The van der Waals surface area contributed by atoms with Crippen LogP contribution in [0.4, 0.5) is 0 Å². The molecule has 1 unspecified atom stereocenters. The number of benzene rings is 2. The highest BCUT2D eigenvalue weighted by molar-refractivity contribution is 7.98. The number of rotatable bonds is 7. The molecule has 0 N–H and O–H groups in total. The van der Waals surface area contributed by atoms with Gasteiger partial charge in [-0.05, 0) is 55.0 Å². The van der Waals surface area contributed by atoms with Crippen molar-refractivity contribution < 1.29 is 14.3 Å². The Labute approximate surface area is 159 Å². The zero-order chi connectivity index (χ0) is 18.4. The van der Waals surface area contributed by atoms with Gasteiger partial charge in [0.05, 0.1) is 6.10 Å². The van der Waals surface area contributed by atoms with Crippen LogP contribution in [0.1, 0.15) is 28.8 Å². The average Bonchev–Trinajstić information content (AvgIpc) is 3.20. The fraction of sp³-hybridized carbons (Fsp3) is 0.381. The van der Waals surface area contributed by atoms with Gasteiger partial charge in [-0.2, -0.15) is 0 Å². The molecule has 1 heterocycles. The van der Waals surface area contributed by atoms with E-state index in [1.807, 2.05) is 31.3 Å². The maximum atomic E-state index is 12.7. The van der Waals surface area contributed by atoms with Crippen LogP contribution in [0.3, 0.4) is 0 Å². The Bertz CT molecular complexity index is 726. The number of carbonyl (C=O) groups excluding carboxylic acids is 1. The maximum Gasteiger partial charge on any atom is 0.254 e. The van der Waals surface area contributed by atoms with E-state index in [0.29, 0.717) is 24.5 Å². The van der Waals surface area contributed by atoms with E-state index >= 15 is 0 Å². The van der Waals surface area contributed by atoms with Gasteiger partial charge in [-0.25, -0.2) is 0 Å². The summed E-state index contributed by atoms with van der Waals surface area (Å²) in [5.41, 5.74) is 1.75. The second kappa shape index (κ2) is 9.10. The van der Waals surface area contributed by atoms with Crippen LogP contribution in [0, 0.1) is 0 Å². The lowest BCUT2D eigenvalue weighted by Crippen LogP contribution is -2.26. The van der Waals surface area contributed by atoms with Gasteiger partial charge in [0, 0.05) is 30.7 Å². The molecule has 0 aliphatic carbocycles. The quantitative estimate of drug-likeness (QED) is 0.683. The summed E-state index contributed by atoms with van der Waals surface area (Å²) in [6, 6.07) is 15.7. The Balaban J connectivity index is 1.59. The molecule has 0 spiro atoms. The third kappa shape index (κ3) is 5.02. The average molecular weight is 372 g/mol. The first-order valence-electron chi connectivity index (χ1n) is 8.88. The topological polar surface area (TPSA) is 38.8 Å². The van der Waals surface area contributed by atoms with Gasteiger partial charge in [-0.15, -0.1) is 11.8 Å². The summed E-state index contributed by atoms with van der Waals surface area (Å²) < 4.78 is 11.4. The minimum Gasteiger partial charge on any atom is -0.491 e. The summed E-state index contributed by atoms with van der Waals surface area (Å²) in [7, 11) is 1.82. The first-order chi connectivity index (χ1) is 12.7. The Morgan fingerprint density at radius 1 is 1.27 bits per heavy atom. The zero-order valence-electron chi connectivity index (χ0n) is 15.3. The first-order valence-corrected chi connectivity index (χ1v) is 10.1. The molecule has 2 aromatic carbocycles. The van der Waals surface area contributed by atoms with Crippen molar-refractivity contribution in [3.8, 4) is 5.75 Å². The van der Waals surface area contributed by atoms with Crippen molar-refractivity contribution in [2.24, 2.45) is 0 Å². The van der Waals surface area contributed by atoms with Gasteiger partial charge < -0.3 is 14.4 Å². The summed E-state index contributed by atoms with van der Waals surface area (Å²) in [6.07, 6.45) is 4.35.